The summed E-state index contributed by atoms with van der Waals surface area (Å²) in [7, 11) is 0. The molecule has 0 N–H and O–H groups in total. The van der Waals surface area contributed by atoms with Gasteiger partial charge < -0.3 is 4.74 Å². The molecule has 2 aromatic rings. The molecule has 3 rings (SSSR count). The van der Waals surface area contributed by atoms with Crippen LogP contribution in [0.5, 0.6) is 5.75 Å². The zero-order valence-corrected chi connectivity index (χ0v) is 13.1. The van der Waals surface area contributed by atoms with E-state index in [1.807, 2.05) is 35.5 Å². The van der Waals surface area contributed by atoms with Crippen molar-refractivity contribution in [1.82, 2.24) is 0 Å². The van der Waals surface area contributed by atoms with Gasteiger partial charge in [-0.1, -0.05) is 25.1 Å². The highest BCUT2D eigenvalue weighted by atomic mass is 19.4. The van der Waals surface area contributed by atoms with E-state index in [4.69, 9.17) is 0 Å². The summed E-state index contributed by atoms with van der Waals surface area (Å²) >= 11 is 0. The topological polar surface area (TPSA) is 15.7 Å². The molecule has 0 saturated heterocycles. The van der Waals surface area contributed by atoms with Crippen molar-refractivity contribution in [3.05, 3.63) is 66.4 Å². The molecule has 1 aliphatic heterocycles. The number of para-hydroxylation sites is 1. The highest BCUT2D eigenvalue weighted by Gasteiger charge is 2.31. The number of hydrazine groups is 1. The molecule has 0 unspecified atom stereocenters. The molecule has 2 aromatic carbocycles. The van der Waals surface area contributed by atoms with Crippen molar-refractivity contribution in [2.75, 3.05) is 16.6 Å². The van der Waals surface area contributed by atoms with Crippen molar-refractivity contribution < 1.29 is 17.9 Å². The number of rotatable bonds is 4. The number of aryl methyl sites for hydroxylation is 1. The smallest absolute Gasteiger partial charge is 0.406 e. The summed E-state index contributed by atoms with van der Waals surface area (Å²) in [6, 6.07) is 13.9. The highest BCUT2D eigenvalue weighted by molar-refractivity contribution is 5.65. The molecule has 24 heavy (non-hydrogen) atoms. The zero-order chi connectivity index (χ0) is 17.2. The third kappa shape index (κ3) is 3.48. The summed E-state index contributed by atoms with van der Waals surface area (Å²) < 4.78 is 40.7. The largest absolute Gasteiger partial charge is 0.573 e. The van der Waals surface area contributed by atoms with E-state index >= 15 is 0 Å². The molecule has 0 bridgehead atoms. The van der Waals surface area contributed by atoms with Crippen LogP contribution < -0.4 is 14.8 Å². The molecular weight excluding hydrogens is 317 g/mol. The summed E-state index contributed by atoms with van der Waals surface area (Å²) in [4.78, 5) is 0. The van der Waals surface area contributed by atoms with Gasteiger partial charge in [0.2, 0.25) is 0 Å². The van der Waals surface area contributed by atoms with E-state index in [9.17, 15) is 13.2 Å². The molecule has 0 fully saturated rings. The van der Waals surface area contributed by atoms with Crippen LogP contribution in [0.15, 0.2) is 60.8 Å². The van der Waals surface area contributed by atoms with Crippen LogP contribution in [0.3, 0.4) is 0 Å². The minimum atomic E-state index is -4.68. The number of nitrogens with zero attached hydrogens (tertiary/aromatic N) is 2. The van der Waals surface area contributed by atoms with Crippen LogP contribution in [0, 0.1) is 0 Å². The van der Waals surface area contributed by atoms with Crippen molar-refractivity contribution in [1.29, 1.82) is 0 Å². The number of benzene rings is 2. The van der Waals surface area contributed by atoms with E-state index in [1.165, 1.54) is 17.7 Å². The number of ether oxygens (including phenoxy) is 1. The van der Waals surface area contributed by atoms with Gasteiger partial charge in [0.05, 0.1) is 17.9 Å². The van der Waals surface area contributed by atoms with Crippen molar-refractivity contribution in [3.8, 4) is 5.75 Å². The molecule has 0 aromatic heterocycles. The Morgan fingerprint density at radius 3 is 2.42 bits per heavy atom. The number of hydrogen-bond donors (Lipinski definition) is 0. The molecule has 6 heteroatoms. The fourth-order valence-corrected chi connectivity index (χ4v) is 2.72. The molecule has 1 heterocycles. The first kappa shape index (κ1) is 16.2. The van der Waals surface area contributed by atoms with Gasteiger partial charge in [0.1, 0.15) is 5.75 Å². The first-order valence-electron chi connectivity index (χ1n) is 7.65. The van der Waals surface area contributed by atoms with Gasteiger partial charge in [-0.25, -0.2) is 0 Å². The Balaban J connectivity index is 1.84. The maximum atomic E-state index is 12.3. The summed E-state index contributed by atoms with van der Waals surface area (Å²) in [5.41, 5.74) is 3.06. The maximum Gasteiger partial charge on any atom is 0.573 e. The van der Waals surface area contributed by atoms with Crippen molar-refractivity contribution in [2.45, 2.75) is 19.7 Å². The average molecular weight is 334 g/mol. The van der Waals surface area contributed by atoms with Crippen LogP contribution in [-0.2, 0) is 6.42 Å². The average Bonchev–Trinajstić information content (AvgIpc) is 3.03. The predicted octanol–water partition coefficient (Wildman–Crippen LogP) is 4.90. The Bertz CT molecular complexity index is 726. The van der Waals surface area contributed by atoms with Gasteiger partial charge >= 0.3 is 6.36 Å². The summed E-state index contributed by atoms with van der Waals surface area (Å²) in [6.07, 6.45) is 0.138. The predicted molar refractivity (Wildman–Crippen MR) is 87.9 cm³/mol. The normalized spacial score (nSPS) is 14.3. The molecule has 0 radical (unpaired) electrons. The Labute approximate surface area is 138 Å². The summed E-state index contributed by atoms with van der Waals surface area (Å²) in [6.45, 7) is 2.80. The van der Waals surface area contributed by atoms with E-state index in [0.717, 1.165) is 17.8 Å². The Morgan fingerprint density at radius 1 is 1.04 bits per heavy atom. The van der Waals surface area contributed by atoms with E-state index in [1.54, 1.807) is 12.1 Å². The number of alkyl halides is 3. The third-order valence-electron chi connectivity index (χ3n) is 3.77. The quantitative estimate of drug-likeness (QED) is 0.791. The zero-order valence-electron chi connectivity index (χ0n) is 13.1. The maximum absolute atomic E-state index is 12.3. The molecule has 126 valence electrons. The SMILES string of the molecule is CCc1ccccc1N1CC=CN1c1ccc(OC(F)(F)F)cc1. The van der Waals surface area contributed by atoms with Crippen molar-refractivity contribution >= 4 is 11.4 Å². The second kappa shape index (κ2) is 6.47. The lowest BCUT2D eigenvalue weighted by Crippen LogP contribution is -2.35. The number of anilines is 2. The molecule has 0 aliphatic carbocycles. The van der Waals surface area contributed by atoms with E-state index in [2.05, 4.69) is 22.7 Å². The van der Waals surface area contributed by atoms with Crippen LogP contribution in [0.2, 0.25) is 0 Å². The molecular formula is C18H17F3N2O. The lowest BCUT2D eigenvalue weighted by atomic mass is 10.1. The first-order chi connectivity index (χ1) is 11.5. The summed E-state index contributed by atoms with van der Waals surface area (Å²) in [5, 5.41) is 4.00. The van der Waals surface area contributed by atoms with Crippen LogP contribution in [0.1, 0.15) is 12.5 Å². The van der Waals surface area contributed by atoms with Crippen LogP contribution in [0.4, 0.5) is 24.5 Å². The summed E-state index contributed by atoms with van der Waals surface area (Å²) in [5.74, 6) is -0.227. The van der Waals surface area contributed by atoms with Crippen LogP contribution >= 0.6 is 0 Å². The van der Waals surface area contributed by atoms with E-state index < -0.39 is 6.36 Å². The number of halogens is 3. The van der Waals surface area contributed by atoms with Crippen molar-refractivity contribution in [2.24, 2.45) is 0 Å². The Kier molecular flexibility index (Phi) is 4.38. The second-order valence-electron chi connectivity index (χ2n) is 5.34. The Hall–Kier alpha value is -2.63. The lowest BCUT2D eigenvalue weighted by molar-refractivity contribution is -0.274. The second-order valence-corrected chi connectivity index (χ2v) is 5.34. The van der Waals surface area contributed by atoms with Crippen LogP contribution in [-0.4, -0.2) is 12.9 Å². The fourth-order valence-electron chi connectivity index (χ4n) is 2.72. The third-order valence-corrected chi connectivity index (χ3v) is 3.77. The van der Waals surface area contributed by atoms with E-state index in [0.29, 0.717) is 6.54 Å². The molecule has 0 amide bonds. The minimum Gasteiger partial charge on any atom is -0.406 e. The molecule has 0 atom stereocenters. The highest BCUT2D eigenvalue weighted by Crippen LogP contribution is 2.31. The van der Waals surface area contributed by atoms with Gasteiger partial charge in [-0.15, -0.1) is 13.2 Å². The molecule has 0 spiro atoms. The standard InChI is InChI=1S/C18H17F3N2O/c1-2-14-6-3-4-7-17(14)23-13-5-12-22(23)15-8-10-16(11-9-15)24-18(19,20)21/h3-12H,2,13H2,1H3. The monoisotopic (exact) mass is 334 g/mol. The van der Waals surface area contributed by atoms with Gasteiger partial charge in [0, 0.05) is 6.20 Å². The van der Waals surface area contributed by atoms with Gasteiger partial charge in [0.15, 0.2) is 0 Å². The lowest BCUT2D eigenvalue weighted by Gasteiger charge is -2.32. The minimum absolute atomic E-state index is 0.227. The fraction of sp³-hybridized carbons (Fsp3) is 0.222. The van der Waals surface area contributed by atoms with Gasteiger partial charge in [-0.05, 0) is 48.4 Å². The first-order valence-corrected chi connectivity index (χ1v) is 7.65. The van der Waals surface area contributed by atoms with E-state index in [-0.39, 0.29) is 5.75 Å². The van der Waals surface area contributed by atoms with Crippen LogP contribution in [0.25, 0.3) is 0 Å². The Morgan fingerprint density at radius 2 is 1.75 bits per heavy atom. The molecule has 0 saturated carbocycles. The molecule has 1 aliphatic rings. The van der Waals surface area contributed by atoms with Gasteiger partial charge in [0.25, 0.3) is 0 Å². The van der Waals surface area contributed by atoms with Gasteiger partial charge in [-0.3, -0.25) is 10.0 Å². The molecule has 3 nitrogen and oxygen atoms in total. The van der Waals surface area contributed by atoms with Crippen molar-refractivity contribution in [3.63, 3.8) is 0 Å². The number of hydrogen-bond acceptors (Lipinski definition) is 3. The van der Waals surface area contributed by atoms with Gasteiger partial charge in [-0.2, -0.15) is 0 Å².